The van der Waals surface area contributed by atoms with Crippen molar-refractivity contribution >= 4 is 82.6 Å². The van der Waals surface area contributed by atoms with Crippen LogP contribution in [0.2, 0.25) is 0 Å². The van der Waals surface area contributed by atoms with Crippen LogP contribution in [0, 0.1) is 0 Å². The van der Waals surface area contributed by atoms with Crippen molar-refractivity contribution in [2.24, 2.45) is 0 Å². The van der Waals surface area contributed by atoms with Gasteiger partial charge >= 0.3 is 0 Å². The number of para-hydroxylation sites is 6. The number of furan rings is 1. The zero-order chi connectivity index (χ0) is 52.3. The molecule has 0 atom stereocenters. The molecule has 12 aromatic carbocycles. The van der Waals surface area contributed by atoms with Crippen LogP contribution in [0.25, 0.3) is 121 Å². The molecular formula is C75H51N3O. The van der Waals surface area contributed by atoms with Gasteiger partial charge in [-0.3, -0.25) is 0 Å². The first-order chi connectivity index (χ1) is 38.9. The molecule has 0 unspecified atom stereocenters. The van der Waals surface area contributed by atoms with Gasteiger partial charge in [0.05, 0.1) is 22.1 Å². The van der Waals surface area contributed by atoms with Crippen LogP contribution in [0.5, 0.6) is 0 Å². The average Bonchev–Trinajstić information content (AvgIpc) is 4.27. The molecule has 0 fully saturated rings. The van der Waals surface area contributed by atoms with Crippen LogP contribution < -0.4 is 4.90 Å². The SMILES string of the molecule is CC1(C)c2cc(-c3ccc4c5ccccc5n(-c5ccccc5)c4c3)ccc2-c2ccc(N(c3ccc(-c4ccc5c(c4)c4ccccc4n5-c4ccccc4)cc3)c3ccc(-c4cccc5c4oc4ccccc45)cc3)cc21. The lowest BCUT2D eigenvalue weighted by Gasteiger charge is -2.28. The van der Waals surface area contributed by atoms with Crippen LogP contribution in [-0.2, 0) is 5.41 Å². The zero-order valence-corrected chi connectivity index (χ0v) is 43.7. The highest BCUT2D eigenvalue weighted by Gasteiger charge is 2.36. The Labute approximate surface area is 457 Å². The van der Waals surface area contributed by atoms with Crippen LogP contribution in [0.1, 0.15) is 25.0 Å². The lowest BCUT2D eigenvalue weighted by molar-refractivity contribution is 0.660. The van der Waals surface area contributed by atoms with Crippen LogP contribution in [0.4, 0.5) is 17.1 Å². The van der Waals surface area contributed by atoms with E-state index in [0.29, 0.717) is 0 Å². The van der Waals surface area contributed by atoms with Gasteiger partial charge in [0.1, 0.15) is 11.2 Å². The molecule has 1 aliphatic carbocycles. The Morgan fingerprint density at radius 1 is 0.304 bits per heavy atom. The molecule has 3 heterocycles. The number of benzene rings is 12. The van der Waals surface area contributed by atoms with E-state index in [4.69, 9.17) is 4.42 Å². The summed E-state index contributed by atoms with van der Waals surface area (Å²) in [6, 6.07) is 99.9. The summed E-state index contributed by atoms with van der Waals surface area (Å²) in [5.74, 6) is 0. The molecule has 372 valence electrons. The third-order valence-electron chi connectivity index (χ3n) is 16.9. The van der Waals surface area contributed by atoms with Gasteiger partial charge in [0.25, 0.3) is 0 Å². The quantitative estimate of drug-likeness (QED) is 0.152. The standard InChI is InChI=1S/C75H51N3O/c1-75(2)67-45-51(52-33-41-63-61-20-9-12-25-69(61)78(72(63)46-52)54-18-7-4-8-19-54)32-40-59(67)60-42-39-57(47-68(60)75)76(56-37-30-49(31-38-56)58-23-15-24-65-64-22-11-14-27-73(64)79-74(58)65)55-35-28-48(29-36-55)50-34-43-71-66(44-50)62-21-10-13-26-70(62)77(71)53-16-5-3-6-17-53/h3-47H,1-2H3. The molecule has 0 saturated carbocycles. The van der Waals surface area contributed by atoms with E-state index >= 15 is 0 Å². The molecule has 15 aromatic rings. The number of hydrogen-bond acceptors (Lipinski definition) is 2. The fraction of sp³-hybridized carbons (Fsp3) is 0.0400. The second-order valence-electron chi connectivity index (χ2n) is 21.7. The summed E-state index contributed by atoms with van der Waals surface area (Å²) >= 11 is 0. The van der Waals surface area contributed by atoms with Gasteiger partial charge in [-0.15, -0.1) is 0 Å². The predicted molar refractivity (Wildman–Crippen MR) is 331 cm³/mol. The van der Waals surface area contributed by atoms with Crippen molar-refractivity contribution in [1.82, 2.24) is 9.13 Å². The van der Waals surface area contributed by atoms with Crippen molar-refractivity contribution in [2.75, 3.05) is 4.90 Å². The van der Waals surface area contributed by atoms with Gasteiger partial charge in [-0.05, 0) is 153 Å². The molecule has 4 heteroatoms. The second-order valence-corrected chi connectivity index (χ2v) is 21.7. The summed E-state index contributed by atoms with van der Waals surface area (Å²) < 4.78 is 11.3. The summed E-state index contributed by atoms with van der Waals surface area (Å²) in [4.78, 5) is 2.41. The first-order valence-corrected chi connectivity index (χ1v) is 27.3. The van der Waals surface area contributed by atoms with Crippen molar-refractivity contribution in [3.05, 3.63) is 284 Å². The Morgan fingerprint density at radius 3 is 1.49 bits per heavy atom. The van der Waals surface area contributed by atoms with E-state index < -0.39 is 0 Å². The third kappa shape index (κ3) is 7.01. The van der Waals surface area contributed by atoms with Crippen molar-refractivity contribution < 1.29 is 4.42 Å². The minimum Gasteiger partial charge on any atom is -0.455 e. The molecule has 0 saturated heterocycles. The summed E-state index contributed by atoms with van der Waals surface area (Å²) in [5.41, 5.74) is 24.1. The van der Waals surface area contributed by atoms with E-state index in [0.717, 1.165) is 61.5 Å². The number of hydrogen-bond donors (Lipinski definition) is 0. The fourth-order valence-corrected chi connectivity index (χ4v) is 13.1. The lowest BCUT2D eigenvalue weighted by Crippen LogP contribution is -2.16. The van der Waals surface area contributed by atoms with Gasteiger partial charge in [0.2, 0.25) is 0 Å². The maximum absolute atomic E-state index is 6.53. The first kappa shape index (κ1) is 45.1. The molecule has 3 aromatic heterocycles. The second kappa shape index (κ2) is 17.4. The summed E-state index contributed by atoms with van der Waals surface area (Å²) in [6.07, 6.45) is 0. The zero-order valence-electron chi connectivity index (χ0n) is 43.7. The summed E-state index contributed by atoms with van der Waals surface area (Å²) in [5, 5.41) is 7.26. The highest BCUT2D eigenvalue weighted by Crippen LogP contribution is 2.52. The number of rotatable bonds is 8. The molecule has 0 radical (unpaired) electrons. The highest BCUT2D eigenvalue weighted by atomic mass is 16.3. The molecule has 0 amide bonds. The van der Waals surface area contributed by atoms with Crippen molar-refractivity contribution in [2.45, 2.75) is 19.3 Å². The molecule has 0 bridgehead atoms. The van der Waals surface area contributed by atoms with Crippen LogP contribution >= 0.6 is 0 Å². The molecule has 16 rings (SSSR count). The third-order valence-corrected chi connectivity index (χ3v) is 16.9. The number of fused-ring (bicyclic) bond motifs is 12. The first-order valence-electron chi connectivity index (χ1n) is 27.3. The van der Waals surface area contributed by atoms with Gasteiger partial charge in [0, 0.05) is 71.7 Å². The topological polar surface area (TPSA) is 26.2 Å². The molecule has 0 aliphatic heterocycles. The van der Waals surface area contributed by atoms with Gasteiger partial charge < -0.3 is 18.5 Å². The number of aromatic nitrogens is 2. The van der Waals surface area contributed by atoms with Gasteiger partial charge in [-0.2, -0.15) is 0 Å². The smallest absolute Gasteiger partial charge is 0.143 e. The molecule has 79 heavy (non-hydrogen) atoms. The Bertz CT molecular complexity index is 4900. The Balaban J connectivity index is 0.791. The van der Waals surface area contributed by atoms with E-state index in [1.165, 1.54) is 88.1 Å². The van der Waals surface area contributed by atoms with E-state index in [9.17, 15) is 0 Å². The Morgan fingerprint density at radius 2 is 0.785 bits per heavy atom. The predicted octanol–water partition coefficient (Wildman–Crippen LogP) is 20.6. The molecule has 4 nitrogen and oxygen atoms in total. The molecule has 0 N–H and O–H groups in total. The van der Waals surface area contributed by atoms with E-state index in [-0.39, 0.29) is 5.41 Å². The van der Waals surface area contributed by atoms with Crippen LogP contribution in [0.3, 0.4) is 0 Å². The normalized spacial score (nSPS) is 12.8. The number of anilines is 3. The average molecular weight is 1010 g/mol. The molecule has 1 aliphatic rings. The fourth-order valence-electron chi connectivity index (χ4n) is 13.1. The number of nitrogens with zero attached hydrogens (tertiary/aromatic N) is 3. The minimum absolute atomic E-state index is 0.271. The van der Waals surface area contributed by atoms with Crippen LogP contribution in [0.15, 0.2) is 277 Å². The van der Waals surface area contributed by atoms with Gasteiger partial charge in [-0.1, -0.05) is 184 Å². The van der Waals surface area contributed by atoms with Crippen molar-refractivity contribution in [3.8, 4) is 55.9 Å². The van der Waals surface area contributed by atoms with E-state index in [2.05, 4.69) is 295 Å². The summed E-state index contributed by atoms with van der Waals surface area (Å²) in [6.45, 7) is 4.78. The molecular weight excluding hydrogens is 959 g/mol. The Hall–Kier alpha value is -10.2. The van der Waals surface area contributed by atoms with Crippen LogP contribution in [-0.4, -0.2) is 9.13 Å². The van der Waals surface area contributed by atoms with E-state index in [1.807, 2.05) is 6.07 Å². The highest BCUT2D eigenvalue weighted by molar-refractivity contribution is 6.12. The maximum Gasteiger partial charge on any atom is 0.143 e. The molecule has 0 spiro atoms. The van der Waals surface area contributed by atoms with Gasteiger partial charge in [0.15, 0.2) is 0 Å². The summed E-state index contributed by atoms with van der Waals surface area (Å²) in [7, 11) is 0. The van der Waals surface area contributed by atoms with E-state index in [1.54, 1.807) is 0 Å². The van der Waals surface area contributed by atoms with Crippen molar-refractivity contribution in [3.63, 3.8) is 0 Å². The largest absolute Gasteiger partial charge is 0.455 e. The van der Waals surface area contributed by atoms with Crippen molar-refractivity contribution in [1.29, 1.82) is 0 Å². The minimum atomic E-state index is -0.271. The Kier molecular flexibility index (Phi) is 9.95. The lowest BCUT2D eigenvalue weighted by atomic mass is 9.81. The maximum atomic E-state index is 6.53. The van der Waals surface area contributed by atoms with Gasteiger partial charge in [-0.25, -0.2) is 0 Å². The monoisotopic (exact) mass is 1010 g/mol.